The molecule has 1 N–H and O–H groups in total. The molecule has 0 bridgehead atoms. The number of hydrogen-bond donors (Lipinski definition) is 1. The smallest absolute Gasteiger partial charge is 0.0246 e. The van der Waals surface area contributed by atoms with Gasteiger partial charge in [0.05, 0.1) is 0 Å². The molecule has 82 valence electrons. The van der Waals surface area contributed by atoms with Crippen LogP contribution in [-0.2, 0) is 0 Å². The van der Waals surface area contributed by atoms with Gasteiger partial charge in [-0.15, -0.1) is 0 Å². The second kappa shape index (κ2) is 3.82. The van der Waals surface area contributed by atoms with Crippen molar-refractivity contribution in [3.63, 3.8) is 0 Å². The lowest BCUT2D eigenvalue weighted by atomic mass is 9.89. The molecule has 2 aliphatic rings. The summed E-state index contributed by atoms with van der Waals surface area (Å²) in [4.78, 5) is 2.41. The fraction of sp³-hybridized carbons (Fsp3) is 1.00. The van der Waals surface area contributed by atoms with Crippen molar-refractivity contribution in [2.75, 3.05) is 14.1 Å². The number of nitrogens with one attached hydrogen (secondary N) is 1. The van der Waals surface area contributed by atoms with Gasteiger partial charge in [-0.25, -0.2) is 0 Å². The minimum absolute atomic E-state index is 0.623. The molecule has 0 aromatic heterocycles. The van der Waals surface area contributed by atoms with E-state index < -0.39 is 0 Å². The molecule has 0 saturated heterocycles. The number of hydrogen-bond acceptors (Lipinski definition) is 2. The van der Waals surface area contributed by atoms with Crippen LogP contribution in [0.1, 0.15) is 33.1 Å². The lowest BCUT2D eigenvalue weighted by Gasteiger charge is -2.37. The van der Waals surface area contributed by atoms with Crippen LogP contribution in [0.25, 0.3) is 0 Å². The third kappa shape index (κ3) is 2.12. The molecule has 2 fully saturated rings. The first kappa shape index (κ1) is 10.4. The van der Waals surface area contributed by atoms with Crippen LogP contribution in [0.4, 0.5) is 0 Å². The second-order valence-corrected chi connectivity index (χ2v) is 5.69. The number of likely N-dealkylation sites (N-methyl/N-ethyl adjacent to an activating group) is 1. The summed E-state index contributed by atoms with van der Waals surface area (Å²) in [6, 6.07) is 2.12. The van der Waals surface area contributed by atoms with Gasteiger partial charge in [0, 0.05) is 18.1 Å². The Morgan fingerprint density at radius 2 is 1.71 bits per heavy atom. The van der Waals surface area contributed by atoms with Crippen molar-refractivity contribution >= 4 is 0 Å². The molecule has 0 aromatic rings. The van der Waals surface area contributed by atoms with Gasteiger partial charge in [0.15, 0.2) is 0 Å². The van der Waals surface area contributed by atoms with Gasteiger partial charge in [-0.1, -0.05) is 13.8 Å². The molecule has 2 aliphatic carbocycles. The Bertz CT molecular complexity index is 198. The summed E-state index contributed by atoms with van der Waals surface area (Å²) in [6.45, 7) is 4.51. The molecule has 0 radical (unpaired) electrons. The molecule has 2 nitrogen and oxygen atoms in total. The molecule has 2 heteroatoms. The molecular weight excluding hydrogens is 172 g/mol. The van der Waals surface area contributed by atoms with E-state index in [1.54, 1.807) is 0 Å². The van der Waals surface area contributed by atoms with E-state index >= 15 is 0 Å². The van der Waals surface area contributed by atoms with Crippen molar-refractivity contribution in [1.29, 1.82) is 0 Å². The second-order valence-electron chi connectivity index (χ2n) is 5.69. The average Bonchev–Trinajstić information content (AvgIpc) is 2.79. The van der Waals surface area contributed by atoms with Gasteiger partial charge >= 0.3 is 0 Å². The molecular formula is C12H24N2. The predicted octanol–water partition coefficient (Wildman–Crippen LogP) is 1.71. The molecule has 14 heavy (non-hydrogen) atoms. The predicted molar refractivity (Wildman–Crippen MR) is 60.4 cm³/mol. The average molecular weight is 196 g/mol. The van der Waals surface area contributed by atoms with Crippen molar-refractivity contribution in [2.45, 2.75) is 51.2 Å². The largest absolute Gasteiger partial charge is 0.310 e. The van der Waals surface area contributed by atoms with Gasteiger partial charge in [-0.2, -0.15) is 0 Å². The van der Waals surface area contributed by atoms with Crippen LogP contribution in [0.2, 0.25) is 0 Å². The summed E-state index contributed by atoms with van der Waals surface area (Å²) in [6.07, 6.45) is 4.33. The fourth-order valence-electron chi connectivity index (χ4n) is 3.02. The van der Waals surface area contributed by atoms with Crippen LogP contribution >= 0.6 is 0 Å². The Hall–Kier alpha value is -0.0800. The highest BCUT2D eigenvalue weighted by Gasteiger charge is 2.46. The van der Waals surface area contributed by atoms with E-state index in [0.29, 0.717) is 6.04 Å². The Morgan fingerprint density at radius 3 is 2.29 bits per heavy atom. The SMILES string of the molecule is CC(C)N[C@H]1CC2C[C@H]2C[C@@H]1N(C)C. The number of nitrogens with zero attached hydrogens (tertiary/aromatic N) is 1. The number of fused-ring (bicyclic) bond motifs is 1. The zero-order chi connectivity index (χ0) is 10.3. The maximum Gasteiger partial charge on any atom is 0.0246 e. The Balaban J connectivity index is 1.96. The summed E-state index contributed by atoms with van der Waals surface area (Å²) < 4.78 is 0. The maximum absolute atomic E-state index is 3.73. The highest BCUT2D eigenvalue weighted by atomic mass is 15.2. The molecule has 2 rings (SSSR count). The van der Waals surface area contributed by atoms with Gasteiger partial charge in [0.2, 0.25) is 0 Å². The van der Waals surface area contributed by atoms with Crippen molar-refractivity contribution < 1.29 is 0 Å². The molecule has 0 heterocycles. The molecule has 0 aliphatic heterocycles. The summed E-state index contributed by atoms with van der Waals surface area (Å²) in [7, 11) is 4.45. The maximum atomic E-state index is 3.73. The fourth-order valence-corrected chi connectivity index (χ4v) is 3.02. The topological polar surface area (TPSA) is 15.3 Å². The van der Waals surface area contributed by atoms with Crippen LogP contribution < -0.4 is 5.32 Å². The van der Waals surface area contributed by atoms with E-state index in [0.717, 1.165) is 23.9 Å². The van der Waals surface area contributed by atoms with Gasteiger partial charge in [-0.3, -0.25) is 0 Å². The molecule has 0 amide bonds. The van der Waals surface area contributed by atoms with Crippen LogP contribution in [-0.4, -0.2) is 37.1 Å². The Labute approximate surface area is 88.1 Å². The van der Waals surface area contributed by atoms with E-state index in [4.69, 9.17) is 0 Å². The first-order valence-corrected chi connectivity index (χ1v) is 6.00. The summed E-state index contributed by atoms with van der Waals surface area (Å²) in [5.74, 6) is 2.12. The summed E-state index contributed by atoms with van der Waals surface area (Å²) >= 11 is 0. The van der Waals surface area contributed by atoms with Crippen molar-refractivity contribution in [2.24, 2.45) is 11.8 Å². The van der Waals surface area contributed by atoms with Crippen LogP contribution in [0.3, 0.4) is 0 Å². The molecule has 4 atom stereocenters. The van der Waals surface area contributed by atoms with Crippen molar-refractivity contribution in [3.05, 3.63) is 0 Å². The minimum Gasteiger partial charge on any atom is -0.310 e. The Morgan fingerprint density at radius 1 is 1.07 bits per heavy atom. The minimum atomic E-state index is 0.623. The number of rotatable bonds is 3. The van der Waals surface area contributed by atoms with Crippen LogP contribution in [0.5, 0.6) is 0 Å². The van der Waals surface area contributed by atoms with Gasteiger partial charge in [0.25, 0.3) is 0 Å². The lowest BCUT2D eigenvalue weighted by molar-refractivity contribution is 0.165. The van der Waals surface area contributed by atoms with Crippen LogP contribution in [0, 0.1) is 11.8 Å². The third-order valence-electron chi connectivity index (χ3n) is 3.85. The first-order chi connectivity index (χ1) is 6.58. The zero-order valence-corrected chi connectivity index (χ0v) is 9.96. The monoisotopic (exact) mass is 196 g/mol. The standard InChI is InChI=1S/C12H24N2/c1-8(2)13-11-6-9-5-10(9)7-12(11)14(3)4/h8-13H,5-7H2,1-4H3/t9?,10-,11-,12-/m0/s1. The van der Waals surface area contributed by atoms with E-state index in [1.807, 2.05) is 0 Å². The summed E-state index contributed by atoms with van der Waals surface area (Å²) in [5, 5.41) is 3.73. The quantitative estimate of drug-likeness (QED) is 0.739. The molecule has 2 saturated carbocycles. The van der Waals surface area contributed by atoms with E-state index in [-0.39, 0.29) is 0 Å². The third-order valence-corrected chi connectivity index (χ3v) is 3.85. The van der Waals surface area contributed by atoms with Crippen molar-refractivity contribution in [3.8, 4) is 0 Å². The van der Waals surface area contributed by atoms with Crippen LogP contribution in [0.15, 0.2) is 0 Å². The van der Waals surface area contributed by atoms with Gasteiger partial charge < -0.3 is 10.2 Å². The highest BCUT2D eigenvalue weighted by Crippen LogP contribution is 2.50. The van der Waals surface area contributed by atoms with E-state index in [1.165, 1.54) is 19.3 Å². The molecule has 0 aromatic carbocycles. The van der Waals surface area contributed by atoms with Gasteiger partial charge in [0.1, 0.15) is 0 Å². The van der Waals surface area contributed by atoms with Gasteiger partial charge in [-0.05, 0) is 45.2 Å². The van der Waals surface area contributed by atoms with E-state index in [2.05, 4.69) is 38.2 Å². The zero-order valence-electron chi connectivity index (χ0n) is 9.96. The first-order valence-electron chi connectivity index (χ1n) is 6.00. The molecule has 0 spiro atoms. The summed E-state index contributed by atoms with van der Waals surface area (Å²) in [5.41, 5.74) is 0. The Kier molecular flexibility index (Phi) is 2.85. The normalized spacial score (nSPS) is 41.6. The molecule has 1 unspecified atom stereocenters. The van der Waals surface area contributed by atoms with Crippen molar-refractivity contribution in [1.82, 2.24) is 10.2 Å². The highest BCUT2D eigenvalue weighted by molar-refractivity contribution is 5.01. The van der Waals surface area contributed by atoms with E-state index in [9.17, 15) is 0 Å². The lowest BCUT2D eigenvalue weighted by Crippen LogP contribution is -2.51.